The van der Waals surface area contributed by atoms with Crippen LogP contribution in [0.3, 0.4) is 0 Å². The third kappa shape index (κ3) is 20.4. The van der Waals surface area contributed by atoms with E-state index in [0.29, 0.717) is 0 Å². The van der Waals surface area contributed by atoms with Gasteiger partial charge in [-0.2, -0.15) is 26.3 Å². The van der Waals surface area contributed by atoms with Crippen molar-refractivity contribution >= 4 is 11.6 Å². The first-order chi connectivity index (χ1) is 8.67. The van der Waals surface area contributed by atoms with E-state index in [9.17, 15) is 35.9 Å². The maximum absolute atomic E-state index is 11.3. The molecule has 142 valence electrons. The van der Waals surface area contributed by atoms with Gasteiger partial charge in [-0.15, -0.1) is 0 Å². The van der Waals surface area contributed by atoms with Crippen LogP contribution in [0.4, 0.5) is 26.3 Å². The molecular formula is C10H14F6NiO6. The molecule has 0 saturated carbocycles. The smallest absolute Gasteiger partial charge is 0.448 e. The van der Waals surface area contributed by atoms with Crippen LogP contribution in [-0.2, 0) is 26.1 Å². The Morgan fingerprint density at radius 1 is 0.739 bits per heavy atom. The topological polar surface area (TPSA) is 138 Å². The van der Waals surface area contributed by atoms with Crippen LogP contribution in [0.1, 0.15) is 13.8 Å². The van der Waals surface area contributed by atoms with Crippen LogP contribution >= 0.6 is 0 Å². The third-order valence-corrected chi connectivity index (χ3v) is 1.26. The van der Waals surface area contributed by atoms with E-state index in [1.807, 2.05) is 0 Å². The molecule has 0 atom stereocenters. The van der Waals surface area contributed by atoms with Crippen LogP contribution < -0.4 is 0 Å². The molecule has 6 N–H and O–H groups in total. The summed E-state index contributed by atoms with van der Waals surface area (Å²) in [5.41, 5.74) is 0. The van der Waals surface area contributed by atoms with Gasteiger partial charge in [-0.05, 0) is 13.8 Å². The minimum absolute atomic E-state index is 0. The predicted molar refractivity (Wildman–Crippen MR) is 62.1 cm³/mol. The molecule has 0 aromatic rings. The van der Waals surface area contributed by atoms with Gasteiger partial charge in [-0.1, -0.05) is 0 Å². The van der Waals surface area contributed by atoms with E-state index < -0.39 is 35.4 Å². The Balaban J connectivity index is -0.0000000831. The van der Waals surface area contributed by atoms with E-state index >= 15 is 0 Å². The van der Waals surface area contributed by atoms with Crippen LogP contribution in [0.25, 0.3) is 0 Å². The summed E-state index contributed by atoms with van der Waals surface area (Å²) in [6, 6.07) is 0. The van der Waals surface area contributed by atoms with Crippen molar-refractivity contribution in [3.05, 3.63) is 23.7 Å². The van der Waals surface area contributed by atoms with E-state index in [4.69, 9.17) is 10.2 Å². The van der Waals surface area contributed by atoms with Crippen LogP contribution in [0, 0.1) is 0 Å². The maximum Gasteiger partial charge on any atom is 0.448 e. The molecule has 0 bridgehead atoms. The molecule has 0 spiro atoms. The molecule has 6 nitrogen and oxygen atoms in total. The van der Waals surface area contributed by atoms with Gasteiger partial charge in [0, 0.05) is 28.6 Å². The molecule has 0 unspecified atom stereocenters. The molecular weight excluding hydrogens is 389 g/mol. The SMILES string of the molecule is CC(=O)C=C(O)C(F)(F)F.CC(=O)C=C(O)C(F)(F)F.O.O.[Ni]. The molecule has 0 aliphatic heterocycles. The Morgan fingerprint density at radius 2 is 0.913 bits per heavy atom. The van der Waals surface area contributed by atoms with Crippen molar-refractivity contribution in [1.29, 1.82) is 0 Å². The molecule has 0 aliphatic carbocycles. The van der Waals surface area contributed by atoms with Gasteiger partial charge in [0.25, 0.3) is 0 Å². The van der Waals surface area contributed by atoms with Gasteiger partial charge in [0.1, 0.15) is 0 Å². The molecule has 0 fully saturated rings. The summed E-state index contributed by atoms with van der Waals surface area (Å²) in [6.07, 6.45) is -9.38. The van der Waals surface area contributed by atoms with Crippen LogP contribution in [0.2, 0.25) is 0 Å². The van der Waals surface area contributed by atoms with Crippen molar-refractivity contribution in [1.82, 2.24) is 0 Å². The number of carbonyl (C=O) groups excluding carboxylic acids is 2. The number of ketones is 2. The van der Waals surface area contributed by atoms with Gasteiger partial charge in [0.2, 0.25) is 11.5 Å². The predicted octanol–water partition coefficient (Wildman–Crippen LogP) is 1.51. The summed E-state index contributed by atoms with van der Waals surface area (Å²) in [5.74, 6) is -5.40. The normalized spacial score (nSPS) is 11.7. The Bertz CT molecular complexity index is 387. The van der Waals surface area contributed by atoms with Crippen molar-refractivity contribution in [2.45, 2.75) is 26.2 Å². The number of carbonyl (C=O) groups is 2. The van der Waals surface area contributed by atoms with Gasteiger partial charge in [0.05, 0.1) is 0 Å². The summed E-state index contributed by atoms with van der Waals surface area (Å²) in [6.45, 7) is 1.84. The zero-order chi connectivity index (χ0) is 16.7. The van der Waals surface area contributed by atoms with E-state index in [2.05, 4.69) is 0 Å². The molecule has 0 aliphatic rings. The number of aliphatic hydroxyl groups is 2. The van der Waals surface area contributed by atoms with Crippen molar-refractivity contribution in [2.75, 3.05) is 0 Å². The second kappa shape index (κ2) is 12.9. The molecule has 0 rings (SSSR count). The number of hydrogen-bond acceptors (Lipinski definition) is 4. The van der Waals surface area contributed by atoms with Gasteiger partial charge in [0.15, 0.2) is 11.6 Å². The first-order valence-electron chi connectivity index (χ1n) is 4.64. The van der Waals surface area contributed by atoms with Crippen molar-refractivity contribution < 1.29 is 73.6 Å². The maximum atomic E-state index is 11.3. The molecule has 0 aromatic carbocycles. The molecule has 0 radical (unpaired) electrons. The molecule has 13 heteroatoms. The first-order valence-corrected chi connectivity index (χ1v) is 4.64. The van der Waals surface area contributed by atoms with Crippen molar-refractivity contribution in [3.8, 4) is 0 Å². The van der Waals surface area contributed by atoms with Crippen molar-refractivity contribution in [2.24, 2.45) is 0 Å². The fraction of sp³-hybridized carbons (Fsp3) is 0.400. The number of rotatable bonds is 2. The second-order valence-corrected chi connectivity index (χ2v) is 3.28. The summed E-state index contributed by atoms with van der Waals surface area (Å²) in [5, 5.41) is 16.1. The quantitative estimate of drug-likeness (QED) is 0.313. The van der Waals surface area contributed by atoms with E-state index in [1.165, 1.54) is 0 Å². The minimum Gasteiger partial charge on any atom is -0.504 e. The number of aliphatic hydroxyl groups excluding tert-OH is 2. The van der Waals surface area contributed by atoms with E-state index in [-0.39, 0.29) is 39.6 Å². The van der Waals surface area contributed by atoms with Gasteiger partial charge >= 0.3 is 12.4 Å². The largest absolute Gasteiger partial charge is 0.504 e. The summed E-state index contributed by atoms with van der Waals surface area (Å²) in [7, 11) is 0. The number of alkyl halides is 6. The third-order valence-electron chi connectivity index (χ3n) is 1.26. The van der Waals surface area contributed by atoms with E-state index in [1.54, 1.807) is 0 Å². The monoisotopic (exact) mass is 402 g/mol. The molecule has 0 saturated heterocycles. The van der Waals surface area contributed by atoms with Crippen LogP contribution in [-0.4, -0.2) is 45.1 Å². The van der Waals surface area contributed by atoms with Gasteiger partial charge < -0.3 is 21.2 Å². The average molecular weight is 403 g/mol. The number of hydrogen-bond donors (Lipinski definition) is 2. The zero-order valence-corrected chi connectivity index (χ0v) is 12.4. The van der Waals surface area contributed by atoms with Crippen LogP contribution in [0.15, 0.2) is 23.7 Å². The average Bonchev–Trinajstić information content (AvgIpc) is 2.13. The Morgan fingerprint density at radius 3 is 0.957 bits per heavy atom. The van der Waals surface area contributed by atoms with Gasteiger partial charge in [-0.3, -0.25) is 9.59 Å². The number of allylic oxidation sites excluding steroid dienone is 4. The number of halogens is 6. The summed E-state index contributed by atoms with van der Waals surface area (Å²) in [4.78, 5) is 19.9. The fourth-order valence-corrected chi connectivity index (χ4v) is 0.549. The standard InChI is InChI=1S/2C5H5F3O2.Ni.2H2O/c2*1-3(9)2-4(10)5(6,7)8;;;/h2*2,10H,1H3;;2*1H2. The Hall–Kier alpha value is -1.59. The Labute approximate surface area is 136 Å². The van der Waals surface area contributed by atoms with Crippen molar-refractivity contribution in [3.63, 3.8) is 0 Å². The molecule has 0 heterocycles. The summed E-state index contributed by atoms with van der Waals surface area (Å²) >= 11 is 0. The van der Waals surface area contributed by atoms with E-state index in [0.717, 1.165) is 13.8 Å². The second-order valence-electron chi connectivity index (χ2n) is 3.28. The fourth-order valence-electron chi connectivity index (χ4n) is 0.549. The Kier molecular flexibility index (Phi) is 18.6. The zero-order valence-electron chi connectivity index (χ0n) is 11.4. The molecule has 23 heavy (non-hydrogen) atoms. The minimum atomic E-state index is -4.81. The summed E-state index contributed by atoms with van der Waals surface area (Å²) < 4.78 is 68.0. The molecule has 0 aromatic heterocycles. The first kappa shape index (κ1) is 33.1. The van der Waals surface area contributed by atoms with Crippen LogP contribution in [0.5, 0.6) is 0 Å². The van der Waals surface area contributed by atoms with Gasteiger partial charge in [-0.25, -0.2) is 0 Å². The molecule has 0 amide bonds.